The minimum absolute atomic E-state index is 0.450. The molecular formula is C18H24N4OSi. The summed E-state index contributed by atoms with van der Waals surface area (Å²) in [4.78, 5) is 4.19. The van der Waals surface area contributed by atoms with Gasteiger partial charge in [0, 0.05) is 43.7 Å². The van der Waals surface area contributed by atoms with Crippen molar-refractivity contribution in [2.45, 2.75) is 32.4 Å². The van der Waals surface area contributed by atoms with Crippen molar-refractivity contribution in [2.24, 2.45) is 0 Å². The molecule has 3 rings (SSSR count). The van der Waals surface area contributed by atoms with E-state index in [0.717, 1.165) is 40.5 Å². The first-order valence-electron chi connectivity index (χ1n) is 8.18. The second-order valence-electron chi connectivity index (χ2n) is 7.21. The van der Waals surface area contributed by atoms with Gasteiger partial charge in [-0.3, -0.25) is 4.98 Å². The summed E-state index contributed by atoms with van der Waals surface area (Å²) in [6.45, 7) is 8.27. The van der Waals surface area contributed by atoms with Crippen LogP contribution in [-0.4, -0.2) is 29.4 Å². The second-order valence-corrected chi connectivity index (χ2v) is 12.8. The Bertz CT molecular complexity index is 824. The summed E-state index contributed by atoms with van der Waals surface area (Å²) in [6.07, 6.45) is 3.58. The molecule has 3 aromatic rings. The van der Waals surface area contributed by atoms with Gasteiger partial charge in [0.25, 0.3) is 0 Å². The van der Waals surface area contributed by atoms with E-state index >= 15 is 0 Å². The summed E-state index contributed by atoms with van der Waals surface area (Å²) in [5.41, 5.74) is 9.59. The lowest BCUT2D eigenvalue weighted by Crippen LogP contribution is -2.22. The van der Waals surface area contributed by atoms with Crippen LogP contribution in [0.2, 0.25) is 25.7 Å². The average molecular weight is 341 g/mol. The molecule has 2 N–H and O–H groups in total. The van der Waals surface area contributed by atoms with Crippen molar-refractivity contribution in [1.29, 1.82) is 0 Å². The number of fused-ring (bicyclic) bond motifs is 1. The summed E-state index contributed by atoms with van der Waals surface area (Å²) in [5, 5.41) is 5.77. The van der Waals surface area contributed by atoms with E-state index in [1.165, 1.54) is 0 Å². The highest BCUT2D eigenvalue weighted by atomic mass is 28.3. The van der Waals surface area contributed by atoms with Gasteiger partial charge >= 0.3 is 0 Å². The number of benzene rings is 1. The summed E-state index contributed by atoms with van der Waals surface area (Å²) in [7, 11) is -1.08. The number of ether oxygens (including phenoxy) is 1. The van der Waals surface area contributed by atoms with E-state index in [0.29, 0.717) is 6.73 Å². The fourth-order valence-corrected chi connectivity index (χ4v) is 3.30. The molecule has 0 saturated heterocycles. The quantitative estimate of drug-likeness (QED) is 0.418. The van der Waals surface area contributed by atoms with Crippen LogP contribution in [0.3, 0.4) is 0 Å². The molecule has 0 amide bonds. The number of hydrogen-bond donors (Lipinski definition) is 1. The van der Waals surface area contributed by atoms with Crippen LogP contribution >= 0.6 is 0 Å². The Morgan fingerprint density at radius 3 is 2.75 bits per heavy atom. The molecule has 0 saturated carbocycles. The molecule has 5 nitrogen and oxygen atoms in total. The van der Waals surface area contributed by atoms with Crippen molar-refractivity contribution in [1.82, 2.24) is 14.8 Å². The highest BCUT2D eigenvalue weighted by Crippen LogP contribution is 2.29. The molecule has 1 aromatic carbocycles. The van der Waals surface area contributed by atoms with Crippen LogP contribution in [0.5, 0.6) is 0 Å². The van der Waals surface area contributed by atoms with E-state index in [1.807, 2.05) is 41.2 Å². The van der Waals surface area contributed by atoms with Crippen molar-refractivity contribution in [3.05, 3.63) is 42.7 Å². The standard InChI is InChI=1S/C18H24N4OSi/c1-24(2,3)10-9-23-13-22-17-7-6-15(19)11-16(17)18(21-22)14-5-4-8-20-12-14/h4-8,11-12H,9-10,13,19H2,1-3H3. The maximum Gasteiger partial charge on any atom is 0.140 e. The average Bonchev–Trinajstić information content (AvgIpc) is 2.89. The van der Waals surface area contributed by atoms with E-state index in [-0.39, 0.29) is 0 Å². The normalized spacial score (nSPS) is 12.0. The van der Waals surface area contributed by atoms with Crippen LogP contribution in [0.15, 0.2) is 42.7 Å². The lowest BCUT2D eigenvalue weighted by Gasteiger charge is -2.15. The molecule has 0 unspecified atom stereocenters. The Morgan fingerprint density at radius 2 is 2.04 bits per heavy atom. The zero-order chi connectivity index (χ0) is 17.2. The predicted molar refractivity (Wildman–Crippen MR) is 101 cm³/mol. The number of pyridine rings is 1. The van der Waals surface area contributed by atoms with E-state index in [2.05, 4.69) is 24.6 Å². The van der Waals surface area contributed by atoms with Gasteiger partial charge in [0.15, 0.2) is 0 Å². The van der Waals surface area contributed by atoms with E-state index in [9.17, 15) is 0 Å². The minimum atomic E-state index is -1.08. The molecule has 2 heterocycles. The van der Waals surface area contributed by atoms with Crippen LogP contribution in [0.25, 0.3) is 22.2 Å². The van der Waals surface area contributed by atoms with E-state index < -0.39 is 8.07 Å². The van der Waals surface area contributed by atoms with Gasteiger partial charge in [-0.25, -0.2) is 4.68 Å². The third kappa shape index (κ3) is 3.83. The molecule has 6 heteroatoms. The SMILES string of the molecule is C[Si](C)(C)CCOCn1nc(-c2cccnc2)c2cc(N)ccc21. The lowest BCUT2D eigenvalue weighted by atomic mass is 10.1. The number of nitrogens with two attached hydrogens (primary N) is 1. The third-order valence-corrected chi connectivity index (χ3v) is 5.62. The number of hydrogen-bond acceptors (Lipinski definition) is 4. The Morgan fingerprint density at radius 1 is 1.21 bits per heavy atom. The number of anilines is 1. The number of aromatic nitrogens is 3. The summed E-state index contributed by atoms with van der Waals surface area (Å²) < 4.78 is 7.78. The molecule has 0 radical (unpaired) electrons. The summed E-state index contributed by atoms with van der Waals surface area (Å²) in [6, 6.07) is 10.9. The van der Waals surface area contributed by atoms with E-state index in [1.54, 1.807) is 6.20 Å². The molecule has 0 fully saturated rings. The van der Waals surface area contributed by atoms with E-state index in [4.69, 9.17) is 15.6 Å². The van der Waals surface area contributed by atoms with Gasteiger partial charge in [-0.15, -0.1) is 0 Å². The molecule has 0 spiro atoms. The predicted octanol–water partition coefficient (Wildman–Crippen LogP) is 3.99. The van der Waals surface area contributed by atoms with Gasteiger partial charge in [-0.05, 0) is 36.4 Å². The number of nitrogens with zero attached hydrogens (tertiary/aromatic N) is 3. The maximum atomic E-state index is 5.97. The Balaban J connectivity index is 1.89. The molecule has 0 aliphatic carbocycles. The first-order valence-corrected chi connectivity index (χ1v) is 11.9. The van der Waals surface area contributed by atoms with Crippen LogP contribution in [-0.2, 0) is 11.5 Å². The molecule has 0 aliphatic heterocycles. The molecule has 0 aliphatic rings. The lowest BCUT2D eigenvalue weighted by molar-refractivity contribution is 0.0818. The van der Waals surface area contributed by atoms with Crippen molar-refractivity contribution in [3.8, 4) is 11.3 Å². The fraction of sp³-hybridized carbons (Fsp3) is 0.333. The van der Waals surface area contributed by atoms with Crippen molar-refractivity contribution < 1.29 is 4.74 Å². The third-order valence-electron chi connectivity index (χ3n) is 3.92. The fourth-order valence-electron chi connectivity index (χ4n) is 2.54. The van der Waals surface area contributed by atoms with Crippen LogP contribution in [0.1, 0.15) is 0 Å². The van der Waals surface area contributed by atoms with Crippen LogP contribution < -0.4 is 5.73 Å². The van der Waals surface area contributed by atoms with Crippen molar-refractivity contribution >= 4 is 24.7 Å². The molecule has 0 atom stereocenters. The highest BCUT2D eigenvalue weighted by molar-refractivity contribution is 6.76. The monoisotopic (exact) mass is 340 g/mol. The van der Waals surface area contributed by atoms with Gasteiger partial charge in [0.2, 0.25) is 0 Å². The van der Waals surface area contributed by atoms with Gasteiger partial charge in [-0.1, -0.05) is 19.6 Å². The molecule has 126 valence electrons. The Kier molecular flexibility index (Phi) is 4.68. The molecule has 24 heavy (non-hydrogen) atoms. The first-order chi connectivity index (χ1) is 11.4. The number of rotatable bonds is 6. The summed E-state index contributed by atoms with van der Waals surface area (Å²) in [5.74, 6) is 0. The Labute approximate surface area is 143 Å². The topological polar surface area (TPSA) is 66.0 Å². The second kappa shape index (κ2) is 6.74. The minimum Gasteiger partial charge on any atom is -0.399 e. The largest absolute Gasteiger partial charge is 0.399 e. The van der Waals surface area contributed by atoms with Gasteiger partial charge < -0.3 is 10.5 Å². The zero-order valence-corrected chi connectivity index (χ0v) is 15.5. The summed E-state index contributed by atoms with van der Waals surface area (Å²) >= 11 is 0. The van der Waals surface area contributed by atoms with Gasteiger partial charge in [-0.2, -0.15) is 5.10 Å². The molecule has 0 bridgehead atoms. The smallest absolute Gasteiger partial charge is 0.140 e. The number of nitrogen functional groups attached to an aromatic ring is 1. The van der Waals surface area contributed by atoms with Crippen LogP contribution in [0.4, 0.5) is 5.69 Å². The van der Waals surface area contributed by atoms with Gasteiger partial charge in [0.1, 0.15) is 12.4 Å². The van der Waals surface area contributed by atoms with Crippen molar-refractivity contribution in [2.75, 3.05) is 12.3 Å². The highest BCUT2D eigenvalue weighted by Gasteiger charge is 2.14. The first kappa shape index (κ1) is 16.7. The van der Waals surface area contributed by atoms with Gasteiger partial charge in [0.05, 0.1) is 5.52 Å². The Hall–Kier alpha value is -2.18. The molecular weight excluding hydrogens is 316 g/mol. The maximum absolute atomic E-state index is 5.97. The zero-order valence-electron chi connectivity index (χ0n) is 14.5. The van der Waals surface area contributed by atoms with Crippen molar-refractivity contribution in [3.63, 3.8) is 0 Å². The molecule has 2 aromatic heterocycles. The van der Waals surface area contributed by atoms with Crippen LogP contribution in [0, 0.1) is 0 Å².